The van der Waals surface area contributed by atoms with Crippen molar-refractivity contribution in [3.8, 4) is 0 Å². The van der Waals surface area contributed by atoms with Crippen LogP contribution in [-0.2, 0) is 32.4 Å². The minimum absolute atomic E-state index is 0.0229. The summed E-state index contributed by atoms with van der Waals surface area (Å²) in [5.74, 6) is -1.85. The SMILES string of the molecule is CCS(=O)(=O)c1ccc(CC(=O)N2Cc3ccccc3C(C(=O)O)C2)cc1. The van der Waals surface area contributed by atoms with E-state index in [-0.39, 0.29) is 29.5 Å². The van der Waals surface area contributed by atoms with Crippen LogP contribution in [0.1, 0.15) is 29.5 Å². The first kappa shape index (κ1) is 19.1. The first-order chi connectivity index (χ1) is 12.8. The molecule has 1 N–H and O–H groups in total. The third-order valence-corrected chi connectivity index (χ3v) is 6.61. The number of hydrogen-bond acceptors (Lipinski definition) is 4. The zero-order chi connectivity index (χ0) is 19.6. The summed E-state index contributed by atoms with van der Waals surface area (Å²) >= 11 is 0. The lowest BCUT2D eigenvalue weighted by molar-refractivity contribution is -0.141. The van der Waals surface area contributed by atoms with Crippen molar-refractivity contribution in [1.82, 2.24) is 4.90 Å². The number of sulfone groups is 1. The van der Waals surface area contributed by atoms with E-state index in [1.807, 2.05) is 12.1 Å². The number of rotatable bonds is 5. The fourth-order valence-corrected chi connectivity index (χ4v) is 4.16. The van der Waals surface area contributed by atoms with Crippen molar-refractivity contribution >= 4 is 21.7 Å². The van der Waals surface area contributed by atoms with Gasteiger partial charge in [-0.25, -0.2) is 8.42 Å². The molecular weight excluding hydrogens is 366 g/mol. The number of carbonyl (C=O) groups is 2. The molecule has 1 aliphatic heterocycles. The van der Waals surface area contributed by atoms with E-state index >= 15 is 0 Å². The van der Waals surface area contributed by atoms with E-state index in [0.29, 0.717) is 12.1 Å². The molecule has 2 aromatic carbocycles. The average molecular weight is 387 g/mol. The molecule has 1 amide bonds. The minimum Gasteiger partial charge on any atom is -0.481 e. The smallest absolute Gasteiger partial charge is 0.312 e. The fourth-order valence-electron chi connectivity index (χ4n) is 3.28. The third kappa shape index (κ3) is 4.03. The highest BCUT2D eigenvalue weighted by Crippen LogP contribution is 2.29. The van der Waals surface area contributed by atoms with Gasteiger partial charge in [-0.05, 0) is 28.8 Å². The molecule has 0 spiro atoms. The molecule has 6 nitrogen and oxygen atoms in total. The highest BCUT2D eigenvalue weighted by atomic mass is 32.2. The number of carboxylic acids is 1. The molecule has 27 heavy (non-hydrogen) atoms. The molecule has 0 fully saturated rings. The van der Waals surface area contributed by atoms with Crippen LogP contribution in [-0.4, -0.2) is 42.6 Å². The van der Waals surface area contributed by atoms with E-state index in [1.54, 1.807) is 36.1 Å². The Morgan fingerprint density at radius 3 is 2.41 bits per heavy atom. The van der Waals surface area contributed by atoms with Gasteiger partial charge in [0.25, 0.3) is 0 Å². The predicted octanol–water partition coefficient (Wildman–Crippen LogP) is 2.23. The molecule has 7 heteroatoms. The van der Waals surface area contributed by atoms with Crippen LogP contribution < -0.4 is 0 Å². The quantitative estimate of drug-likeness (QED) is 0.849. The van der Waals surface area contributed by atoms with Gasteiger partial charge in [0.05, 0.1) is 23.0 Å². The molecule has 0 saturated heterocycles. The summed E-state index contributed by atoms with van der Waals surface area (Å²) in [6.07, 6.45) is 0.0982. The highest BCUT2D eigenvalue weighted by molar-refractivity contribution is 7.91. The summed E-state index contributed by atoms with van der Waals surface area (Å²) in [7, 11) is -3.27. The first-order valence-corrected chi connectivity index (χ1v) is 10.4. The number of hydrogen-bond donors (Lipinski definition) is 1. The maximum atomic E-state index is 12.7. The number of fused-ring (bicyclic) bond motifs is 1. The fraction of sp³-hybridized carbons (Fsp3) is 0.300. The molecule has 1 unspecified atom stereocenters. The lowest BCUT2D eigenvalue weighted by Crippen LogP contribution is -2.41. The maximum absolute atomic E-state index is 12.7. The number of nitrogens with zero attached hydrogens (tertiary/aromatic N) is 1. The van der Waals surface area contributed by atoms with Gasteiger partial charge in [-0.3, -0.25) is 9.59 Å². The van der Waals surface area contributed by atoms with Crippen LogP contribution in [0.2, 0.25) is 0 Å². The van der Waals surface area contributed by atoms with Gasteiger partial charge in [-0.15, -0.1) is 0 Å². The Morgan fingerprint density at radius 1 is 1.11 bits per heavy atom. The summed E-state index contributed by atoms with van der Waals surface area (Å²) in [6, 6.07) is 13.6. The Morgan fingerprint density at radius 2 is 1.78 bits per heavy atom. The Hall–Kier alpha value is -2.67. The largest absolute Gasteiger partial charge is 0.481 e. The van der Waals surface area contributed by atoms with Crippen LogP contribution in [0, 0.1) is 0 Å². The van der Waals surface area contributed by atoms with E-state index in [9.17, 15) is 23.1 Å². The molecule has 1 heterocycles. The summed E-state index contributed by atoms with van der Waals surface area (Å²) in [6.45, 7) is 2.09. The van der Waals surface area contributed by atoms with Gasteiger partial charge in [0, 0.05) is 13.1 Å². The summed E-state index contributed by atoms with van der Waals surface area (Å²) in [5.41, 5.74) is 2.29. The first-order valence-electron chi connectivity index (χ1n) is 8.72. The van der Waals surface area contributed by atoms with Gasteiger partial charge in [0.15, 0.2) is 9.84 Å². The second-order valence-corrected chi connectivity index (χ2v) is 8.87. The predicted molar refractivity (Wildman–Crippen MR) is 100 cm³/mol. The van der Waals surface area contributed by atoms with Gasteiger partial charge in [-0.2, -0.15) is 0 Å². The summed E-state index contributed by atoms with van der Waals surface area (Å²) in [5, 5.41) is 9.51. The van der Waals surface area contributed by atoms with Crippen LogP contribution >= 0.6 is 0 Å². The highest BCUT2D eigenvalue weighted by Gasteiger charge is 2.32. The van der Waals surface area contributed by atoms with E-state index in [2.05, 4.69) is 0 Å². The van der Waals surface area contributed by atoms with E-state index in [4.69, 9.17) is 0 Å². The number of carboxylic acid groups (broad SMARTS) is 1. The Bertz CT molecular complexity index is 966. The molecule has 0 saturated carbocycles. The lowest BCUT2D eigenvalue weighted by atomic mass is 9.89. The monoisotopic (exact) mass is 387 g/mol. The molecule has 0 aliphatic carbocycles. The minimum atomic E-state index is -3.27. The Kier molecular flexibility index (Phi) is 5.32. The number of aliphatic carboxylic acids is 1. The third-order valence-electron chi connectivity index (χ3n) is 4.86. The molecule has 1 atom stereocenters. The number of carbonyl (C=O) groups excluding carboxylic acids is 1. The molecule has 3 rings (SSSR count). The standard InChI is InChI=1S/C20H21NO5S/c1-2-27(25,26)16-9-7-14(8-10-16)11-19(22)21-12-15-5-3-4-6-17(15)18(13-21)20(23)24/h3-10,18H,2,11-13H2,1H3,(H,23,24). The Labute approximate surface area is 158 Å². The molecule has 0 radical (unpaired) electrons. The normalized spacial score (nSPS) is 16.6. The van der Waals surface area contributed by atoms with Crippen molar-refractivity contribution in [2.75, 3.05) is 12.3 Å². The van der Waals surface area contributed by atoms with E-state index in [1.165, 1.54) is 12.1 Å². The van der Waals surface area contributed by atoms with Crippen molar-refractivity contribution in [2.45, 2.75) is 30.7 Å². The van der Waals surface area contributed by atoms with Crippen molar-refractivity contribution in [2.24, 2.45) is 0 Å². The lowest BCUT2D eigenvalue weighted by Gasteiger charge is -2.33. The topological polar surface area (TPSA) is 91.8 Å². The molecule has 142 valence electrons. The molecule has 0 aromatic heterocycles. The van der Waals surface area contributed by atoms with Crippen LogP contribution in [0.3, 0.4) is 0 Å². The number of amides is 1. The van der Waals surface area contributed by atoms with Crippen molar-refractivity contribution < 1.29 is 23.1 Å². The van der Waals surface area contributed by atoms with Crippen LogP contribution in [0.5, 0.6) is 0 Å². The molecule has 0 bridgehead atoms. The van der Waals surface area contributed by atoms with Gasteiger partial charge < -0.3 is 10.0 Å². The number of benzene rings is 2. The average Bonchev–Trinajstić information content (AvgIpc) is 2.67. The molecule has 1 aliphatic rings. The van der Waals surface area contributed by atoms with Crippen LogP contribution in [0.25, 0.3) is 0 Å². The summed E-state index contributed by atoms with van der Waals surface area (Å²) in [4.78, 5) is 26.1. The maximum Gasteiger partial charge on any atom is 0.312 e. The van der Waals surface area contributed by atoms with Gasteiger partial charge in [0.2, 0.25) is 5.91 Å². The van der Waals surface area contributed by atoms with Gasteiger partial charge >= 0.3 is 5.97 Å². The van der Waals surface area contributed by atoms with Gasteiger partial charge in [0.1, 0.15) is 0 Å². The zero-order valence-corrected chi connectivity index (χ0v) is 15.8. The zero-order valence-electron chi connectivity index (χ0n) is 15.0. The molecular formula is C20H21NO5S. The Balaban J connectivity index is 1.76. The molecule has 2 aromatic rings. The summed E-state index contributed by atoms with van der Waals surface area (Å²) < 4.78 is 23.7. The second-order valence-electron chi connectivity index (χ2n) is 6.59. The van der Waals surface area contributed by atoms with E-state index in [0.717, 1.165) is 11.1 Å². The van der Waals surface area contributed by atoms with Crippen LogP contribution in [0.15, 0.2) is 53.4 Å². The van der Waals surface area contributed by atoms with Crippen molar-refractivity contribution in [3.05, 3.63) is 65.2 Å². The van der Waals surface area contributed by atoms with Crippen LogP contribution in [0.4, 0.5) is 0 Å². The van der Waals surface area contributed by atoms with Crippen molar-refractivity contribution in [1.29, 1.82) is 0 Å². The second kappa shape index (κ2) is 7.52. The van der Waals surface area contributed by atoms with Gasteiger partial charge in [-0.1, -0.05) is 43.3 Å². The van der Waals surface area contributed by atoms with Crippen molar-refractivity contribution in [3.63, 3.8) is 0 Å². The van der Waals surface area contributed by atoms with E-state index < -0.39 is 21.7 Å².